The van der Waals surface area contributed by atoms with Crippen LogP contribution in [0, 0.1) is 23.0 Å². The van der Waals surface area contributed by atoms with Crippen LogP contribution in [0.4, 0.5) is 26.7 Å². The fourth-order valence-corrected chi connectivity index (χ4v) is 5.30. The second-order valence-corrected chi connectivity index (χ2v) is 11.1. The predicted octanol–water partition coefficient (Wildman–Crippen LogP) is 2.65. The Hall–Kier alpha value is -4.14. The van der Waals surface area contributed by atoms with Gasteiger partial charge in [-0.05, 0) is 18.2 Å². The first-order valence-corrected chi connectivity index (χ1v) is 13.3. The summed E-state index contributed by atoms with van der Waals surface area (Å²) in [5.74, 6) is -5.66. The number of amides is 5. The summed E-state index contributed by atoms with van der Waals surface area (Å²) in [6, 6.07) is 6.47. The summed E-state index contributed by atoms with van der Waals surface area (Å²) in [6.45, 7) is -0.747. The number of nitrogens with two attached hydrogens (primary N) is 1. The minimum absolute atomic E-state index is 0.00720. The number of halogens is 5. The van der Waals surface area contributed by atoms with E-state index >= 15 is 0 Å². The first kappa shape index (κ1) is 31.8. The molecule has 2 aromatic rings. The minimum atomic E-state index is -4.86. The van der Waals surface area contributed by atoms with Crippen molar-refractivity contribution in [2.24, 2.45) is 17.1 Å². The standard InChI is InChI=1S/C28H30F5N5O5/c1-26(2,23(34)40)20(14-43-13-17-6-7-18(29)11-21(17)30)22(39)36-9-10-38-25(42)37(16-28(31,32)33)24(41)27(38,15-36)12-19-5-3-4-8-35-19/h3-8,11,20H,9-10,12-16H2,1-2H3,(H2,34,40)/t20-,27-/m1/s1. The second-order valence-electron chi connectivity index (χ2n) is 11.1. The molecule has 0 saturated carbocycles. The summed E-state index contributed by atoms with van der Waals surface area (Å²) in [7, 11) is 0. The highest BCUT2D eigenvalue weighted by atomic mass is 19.4. The van der Waals surface area contributed by atoms with Gasteiger partial charge in [0.1, 0.15) is 23.7 Å². The van der Waals surface area contributed by atoms with Gasteiger partial charge in [0, 0.05) is 43.0 Å². The number of rotatable bonds is 10. The van der Waals surface area contributed by atoms with Gasteiger partial charge in [0.25, 0.3) is 5.91 Å². The van der Waals surface area contributed by atoms with Crippen LogP contribution in [0.1, 0.15) is 25.1 Å². The van der Waals surface area contributed by atoms with E-state index in [2.05, 4.69) is 4.98 Å². The molecule has 1 aromatic heterocycles. The highest BCUT2D eigenvalue weighted by Gasteiger charge is 2.62. The Bertz CT molecular complexity index is 1410. The summed E-state index contributed by atoms with van der Waals surface area (Å²) >= 11 is 0. The number of carbonyl (C=O) groups is 4. The van der Waals surface area contributed by atoms with Crippen LogP contribution in [0.2, 0.25) is 0 Å². The number of hydrogen-bond donors (Lipinski definition) is 1. The second kappa shape index (κ2) is 11.9. The third-order valence-corrected chi connectivity index (χ3v) is 7.88. The van der Waals surface area contributed by atoms with E-state index in [1.165, 1.54) is 24.9 Å². The van der Waals surface area contributed by atoms with Crippen LogP contribution in [0.5, 0.6) is 0 Å². The molecule has 5 amide bonds. The zero-order chi connectivity index (χ0) is 31.7. The van der Waals surface area contributed by atoms with Gasteiger partial charge in [0.05, 0.1) is 31.1 Å². The van der Waals surface area contributed by atoms with Crippen molar-refractivity contribution in [1.82, 2.24) is 19.7 Å². The lowest BCUT2D eigenvalue weighted by atomic mass is 9.77. The van der Waals surface area contributed by atoms with Crippen LogP contribution in [-0.4, -0.2) is 87.9 Å². The third-order valence-electron chi connectivity index (χ3n) is 7.88. The molecule has 2 aliphatic rings. The maximum Gasteiger partial charge on any atom is 0.406 e. The fraction of sp³-hybridized carbons (Fsp3) is 0.464. The molecule has 43 heavy (non-hydrogen) atoms. The number of aromatic nitrogens is 1. The Labute approximate surface area is 243 Å². The largest absolute Gasteiger partial charge is 0.406 e. The molecule has 10 nitrogen and oxygen atoms in total. The van der Waals surface area contributed by atoms with Crippen LogP contribution in [0.15, 0.2) is 42.6 Å². The highest BCUT2D eigenvalue weighted by molar-refractivity contribution is 6.08. The predicted molar refractivity (Wildman–Crippen MR) is 140 cm³/mol. The molecule has 0 unspecified atom stereocenters. The van der Waals surface area contributed by atoms with Crippen LogP contribution in [0.3, 0.4) is 0 Å². The molecular weight excluding hydrogens is 581 g/mol. The van der Waals surface area contributed by atoms with E-state index in [0.717, 1.165) is 17.0 Å². The Kier molecular flexibility index (Phi) is 8.77. The van der Waals surface area contributed by atoms with E-state index in [1.54, 1.807) is 18.2 Å². The number of fused-ring (bicyclic) bond motifs is 1. The van der Waals surface area contributed by atoms with Crippen LogP contribution >= 0.6 is 0 Å². The highest BCUT2D eigenvalue weighted by Crippen LogP contribution is 2.38. The first-order chi connectivity index (χ1) is 20.1. The zero-order valence-corrected chi connectivity index (χ0v) is 23.4. The quantitative estimate of drug-likeness (QED) is 0.325. The lowest BCUT2D eigenvalue weighted by molar-refractivity contribution is -0.159. The van der Waals surface area contributed by atoms with E-state index in [-0.39, 0.29) is 36.6 Å². The van der Waals surface area contributed by atoms with Crippen molar-refractivity contribution in [2.75, 3.05) is 32.8 Å². The number of ether oxygens (including phenoxy) is 1. The van der Waals surface area contributed by atoms with Gasteiger partial charge in [-0.1, -0.05) is 26.0 Å². The molecule has 15 heteroatoms. The lowest BCUT2D eigenvalue weighted by Gasteiger charge is -2.46. The molecule has 2 saturated heterocycles. The van der Waals surface area contributed by atoms with Crippen molar-refractivity contribution in [2.45, 2.75) is 38.6 Å². The molecule has 232 valence electrons. The fourth-order valence-electron chi connectivity index (χ4n) is 5.30. The van der Waals surface area contributed by atoms with Crippen molar-refractivity contribution in [3.8, 4) is 0 Å². The maximum absolute atomic E-state index is 14.1. The molecule has 0 radical (unpaired) electrons. The van der Waals surface area contributed by atoms with Crippen LogP contribution < -0.4 is 5.73 Å². The molecule has 2 fully saturated rings. The number of alkyl halides is 3. The molecule has 1 aromatic carbocycles. The summed E-state index contributed by atoms with van der Waals surface area (Å²) in [5.41, 5.74) is 2.47. The van der Waals surface area contributed by atoms with Crippen LogP contribution in [0.25, 0.3) is 0 Å². The Morgan fingerprint density at radius 1 is 1.12 bits per heavy atom. The third kappa shape index (κ3) is 6.45. The topological polar surface area (TPSA) is 126 Å². The summed E-state index contributed by atoms with van der Waals surface area (Å²) in [6.07, 6.45) is -3.72. The van der Waals surface area contributed by atoms with Crippen LogP contribution in [-0.2, 0) is 32.1 Å². The van der Waals surface area contributed by atoms with E-state index in [1.807, 2.05) is 0 Å². The Morgan fingerprint density at radius 2 is 1.84 bits per heavy atom. The number of piperazine rings is 1. The number of imide groups is 1. The van der Waals surface area contributed by atoms with Crippen molar-refractivity contribution < 1.29 is 45.9 Å². The monoisotopic (exact) mass is 611 g/mol. The number of primary amides is 1. The summed E-state index contributed by atoms with van der Waals surface area (Å²) < 4.78 is 73.0. The molecule has 0 spiro atoms. The lowest BCUT2D eigenvalue weighted by Crippen LogP contribution is -2.66. The number of benzene rings is 1. The molecule has 2 N–H and O–H groups in total. The molecule has 2 aliphatic heterocycles. The molecule has 0 bridgehead atoms. The molecular formula is C28H30F5N5O5. The maximum atomic E-state index is 14.1. The SMILES string of the molecule is CC(C)(C(N)=O)[C@H](COCc1ccc(F)cc1F)C(=O)N1CCN2C(=O)N(CC(F)(F)F)C(=O)[C@@]2(Cc2ccccn2)C1. The molecule has 2 atom stereocenters. The minimum Gasteiger partial charge on any atom is -0.376 e. The van der Waals surface area contributed by atoms with E-state index < -0.39 is 78.1 Å². The number of hydrogen-bond acceptors (Lipinski definition) is 6. The average molecular weight is 612 g/mol. The van der Waals surface area contributed by atoms with Gasteiger partial charge in [0.2, 0.25) is 11.8 Å². The summed E-state index contributed by atoms with van der Waals surface area (Å²) in [4.78, 5) is 59.6. The van der Waals surface area contributed by atoms with E-state index in [0.29, 0.717) is 11.8 Å². The summed E-state index contributed by atoms with van der Waals surface area (Å²) in [5, 5.41) is 0. The zero-order valence-electron chi connectivity index (χ0n) is 23.4. The smallest absolute Gasteiger partial charge is 0.376 e. The average Bonchev–Trinajstić information content (AvgIpc) is 3.12. The van der Waals surface area contributed by atoms with Gasteiger partial charge in [-0.3, -0.25) is 24.3 Å². The van der Waals surface area contributed by atoms with E-state index in [9.17, 15) is 41.1 Å². The van der Waals surface area contributed by atoms with Crippen molar-refractivity contribution in [3.05, 3.63) is 65.5 Å². The number of nitrogens with zero attached hydrogens (tertiary/aromatic N) is 4. The van der Waals surface area contributed by atoms with Gasteiger partial charge in [-0.25, -0.2) is 13.6 Å². The van der Waals surface area contributed by atoms with Gasteiger partial charge in [-0.15, -0.1) is 0 Å². The number of urea groups is 1. The van der Waals surface area contributed by atoms with E-state index in [4.69, 9.17) is 10.5 Å². The number of carbonyl (C=O) groups excluding carboxylic acids is 4. The van der Waals surface area contributed by atoms with Gasteiger partial charge >= 0.3 is 12.2 Å². The Morgan fingerprint density at radius 3 is 2.44 bits per heavy atom. The molecule has 4 rings (SSSR count). The van der Waals surface area contributed by atoms with Crippen molar-refractivity contribution in [3.63, 3.8) is 0 Å². The van der Waals surface area contributed by atoms with Crippen molar-refractivity contribution in [1.29, 1.82) is 0 Å². The Balaban J connectivity index is 1.64. The van der Waals surface area contributed by atoms with Gasteiger partial charge in [-0.2, -0.15) is 13.2 Å². The molecule has 0 aliphatic carbocycles. The molecule has 3 heterocycles. The van der Waals surface area contributed by atoms with Crippen molar-refractivity contribution >= 4 is 23.8 Å². The number of pyridine rings is 1. The van der Waals surface area contributed by atoms with Gasteiger partial charge in [0.15, 0.2) is 0 Å². The van der Waals surface area contributed by atoms with Gasteiger partial charge < -0.3 is 20.3 Å². The normalized spacial score (nSPS) is 19.9. The first-order valence-electron chi connectivity index (χ1n) is 13.3.